The van der Waals surface area contributed by atoms with Gasteiger partial charge < -0.3 is 15.0 Å². The predicted octanol–water partition coefficient (Wildman–Crippen LogP) is 4.91. The highest BCUT2D eigenvalue weighted by Crippen LogP contribution is 2.29. The zero-order valence-corrected chi connectivity index (χ0v) is 13.6. The molecule has 0 saturated heterocycles. The first-order chi connectivity index (χ1) is 11.1. The molecule has 0 radical (unpaired) electrons. The number of hydrogen-bond donors (Lipinski definition) is 1. The van der Waals surface area contributed by atoms with Crippen LogP contribution in [0.3, 0.4) is 0 Å². The molecular weight excluding hydrogens is 288 g/mol. The van der Waals surface area contributed by atoms with Crippen LogP contribution < -0.4 is 10.1 Å². The Balaban J connectivity index is 2.13. The van der Waals surface area contributed by atoms with Crippen molar-refractivity contribution < 1.29 is 9.53 Å². The molecule has 23 heavy (non-hydrogen) atoms. The zero-order valence-electron chi connectivity index (χ0n) is 13.6. The maximum Gasteiger partial charge on any atom is 0.322 e. The summed E-state index contributed by atoms with van der Waals surface area (Å²) >= 11 is 0. The molecule has 4 nitrogen and oxygen atoms in total. The Morgan fingerprint density at radius 1 is 1.13 bits per heavy atom. The number of carbonyl (C=O) groups excluding carboxylic acids is 1. The molecule has 0 heterocycles. The van der Waals surface area contributed by atoms with E-state index in [-0.39, 0.29) is 6.03 Å². The highest BCUT2D eigenvalue weighted by Gasteiger charge is 2.14. The van der Waals surface area contributed by atoms with E-state index >= 15 is 0 Å². The average Bonchev–Trinajstić information content (AvgIpc) is 2.55. The average molecular weight is 310 g/mol. The van der Waals surface area contributed by atoms with Gasteiger partial charge in [0.1, 0.15) is 5.75 Å². The monoisotopic (exact) mass is 310 g/mol. The summed E-state index contributed by atoms with van der Waals surface area (Å²) in [6.07, 6.45) is 0. The highest BCUT2D eigenvalue weighted by atomic mass is 16.5. The van der Waals surface area contributed by atoms with E-state index in [4.69, 9.17) is 4.74 Å². The summed E-state index contributed by atoms with van der Waals surface area (Å²) in [6, 6.07) is 16.7. The van der Waals surface area contributed by atoms with Crippen molar-refractivity contribution in [2.75, 3.05) is 18.4 Å². The smallest absolute Gasteiger partial charge is 0.322 e. The second-order valence-electron chi connectivity index (χ2n) is 5.31. The largest absolute Gasteiger partial charge is 0.455 e. The van der Waals surface area contributed by atoms with Crippen LogP contribution in [0.25, 0.3) is 0 Å². The van der Waals surface area contributed by atoms with Crippen molar-refractivity contribution in [1.82, 2.24) is 4.90 Å². The highest BCUT2D eigenvalue weighted by molar-refractivity contribution is 5.91. The SMILES string of the molecule is C=C(C)CN(CC)C(=O)Nc1ccccc1Oc1ccccc1. The third-order valence-corrected chi connectivity index (χ3v) is 3.23. The van der Waals surface area contributed by atoms with Crippen LogP contribution in [0, 0.1) is 0 Å². The molecule has 0 aliphatic heterocycles. The maximum absolute atomic E-state index is 12.4. The van der Waals surface area contributed by atoms with E-state index in [1.807, 2.05) is 68.4 Å². The van der Waals surface area contributed by atoms with E-state index in [0.717, 1.165) is 11.3 Å². The number of para-hydroxylation sites is 3. The van der Waals surface area contributed by atoms with E-state index in [2.05, 4.69) is 11.9 Å². The van der Waals surface area contributed by atoms with Gasteiger partial charge >= 0.3 is 6.03 Å². The lowest BCUT2D eigenvalue weighted by Crippen LogP contribution is -2.35. The lowest BCUT2D eigenvalue weighted by molar-refractivity contribution is 0.218. The van der Waals surface area contributed by atoms with Gasteiger partial charge in [-0.15, -0.1) is 0 Å². The summed E-state index contributed by atoms with van der Waals surface area (Å²) in [7, 11) is 0. The van der Waals surface area contributed by atoms with E-state index in [9.17, 15) is 4.79 Å². The van der Waals surface area contributed by atoms with E-state index < -0.39 is 0 Å². The molecule has 4 heteroatoms. The maximum atomic E-state index is 12.4. The van der Waals surface area contributed by atoms with Gasteiger partial charge in [-0.05, 0) is 38.1 Å². The number of nitrogens with one attached hydrogen (secondary N) is 1. The van der Waals surface area contributed by atoms with Crippen LogP contribution in [0.4, 0.5) is 10.5 Å². The molecule has 0 aliphatic rings. The van der Waals surface area contributed by atoms with Gasteiger partial charge in [-0.25, -0.2) is 4.79 Å². The molecule has 0 aliphatic carbocycles. The number of likely N-dealkylation sites (N-methyl/N-ethyl adjacent to an activating group) is 1. The number of carbonyl (C=O) groups is 1. The molecule has 0 fully saturated rings. The molecule has 2 aromatic rings. The number of urea groups is 1. The number of ether oxygens (including phenoxy) is 1. The van der Waals surface area contributed by atoms with Crippen LogP contribution in [-0.2, 0) is 0 Å². The molecule has 2 aromatic carbocycles. The Labute approximate surface area is 137 Å². The summed E-state index contributed by atoms with van der Waals surface area (Å²) in [5.41, 5.74) is 1.58. The van der Waals surface area contributed by atoms with Gasteiger partial charge in [0.15, 0.2) is 5.75 Å². The first kappa shape index (κ1) is 16.6. The molecule has 1 N–H and O–H groups in total. The fourth-order valence-corrected chi connectivity index (χ4v) is 2.12. The molecule has 2 amide bonds. The first-order valence-electron chi connectivity index (χ1n) is 7.62. The van der Waals surface area contributed by atoms with E-state index in [1.54, 1.807) is 4.90 Å². The van der Waals surface area contributed by atoms with Crippen LogP contribution >= 0.6 is 0 Å². The molecule has 0 unspecified atom stereocenters. The minimum Gasteiger partial charge on any atom is -0.455 e. The number of benzene rings is 2. The van der Waals surface area contributed by atoms with Crippen LogP contribution in [0.2, 0.25) is 0 Å². The zero-order chi connectivity index (χ0) is 16.7. The lowest BCUT2D eigenvalue weighted by atomic mass is 10.3. The van der Waals surface area contributed by atoms with Crippen molar-refractivity contribution in [2.45, 2.75) is 13.8 Å². The van der Waals surface area contributed by atoms with Gasteiger partial charge in [-0.3, -0.25) is 0 Å². The van der Waals surface area contributed by atoms with Crippen LogP contribution in [0.5, 0.6) is 11.5 Å². The lowest BCUT2D eigenvalue weighted by Gasteiger charge is -2.22. The quantitative estimate of drug-likeness (QED) is 0.770. The predicted molar refractivity (Wildman–Crippen MR) is 94.0 cm³/mol. The van der Waals surface area contributed by atoms with Crippen molar-refractivity contribution in [1.29, 1.82) is 0 Å². The number of anilines is 1. The molecular formula is C19H22N2O2. The Bertz CT molecular complexity index is 668. The van der Waals surface area contributed by atoms with Gasteiger partial charge in [0.05, 0.1) is 5.69 Å². The van der Waals surface area contributed by atoms with Crippen LogP contribution in [0.1, 0.15) is 13.8 Å². The summed E-state index contributed by atoms with van der Waals surface area (Å²) in [5.74, 6) is 1.34. The molecule has 0 bridgehead atoms. The van der Waals surface area contributed by atoms with Crippen molar-refractivity contribution in [2.24, 2.45) is 0 Å². The van der Waals surface area contributed by atoms with Crippen LogP contribution in [0.15, 0.2) is 66.7 Å². The fourth-order valence-electron chi connectivity index (χ4n) is 2.12. The second kappa shape index (κ2) is 8.03. The van der Waals surface area contributed by atoms with Gasteiger partial charge in [0.2, 0.25) is 0 Å². The topological polar surface area (TPSA) is 41.6 Å². The van der Waals surface area contributed by atoms with Crippen molar-refractivity contribution in [3.8, 4) is 11.5 Å². The van der Waals surface area contributed by atoms with Crippen molar-refractivity contribution in [3.63, 3.8) is 0 Å². The van der Waals surface area contributed by atoms with E-state index in [0.29, 0.717) is 24.5 Å². The van der Waals surface area contributed by atoms with Gasteiger partial charge in [0, 0.05) is 13.1 Å². The summed E-state index contributed by atoms with van der Waals surface area (Å²) in [5, 5.41) is 2.91. The Morgan fingerprint density at radius 3 is 2.43 bits per heavy atom. The first-order valence-corrected chi connectivity index (χ1v) is 7.62. The molecule has 2 rings (SSSR count). The minimum atomic E-state index is -0.167. The third kappa shape index (κ3) is 4.88. The van der Waals surface area contributed by atoms with Crippen molar-refractivity contribution in [3.05, 3.63) is 66.7 Å². The summed E-state index contributed by atoms with van der Waals surface area (Å²) in [4.78, 5) is 14.1. The minimum absolute atomic E-state index is 0.167. The number of hydrogen-bond acceptors (Lipinski definition) is 2. The molecule has 0 saturated carbocycles. The van der Waals surface area contributed by atoms with Crippen molar-refractivity contribution >= 4 is 11.7 Å². The van der Waals surface area contributed by atoms with Gasteiger partial charge in [-0.1, -0.05) is 42.5 Å². The standard InChI is InChI=1S/C19H22N2O2/c1-4-21(14-15(2)3)19(22)20-17-12-8-9-13-18(17)23-16-10-6-5-7-11-16/h5-13H,2,4,14H2,1,3H3,(H,20,22). The number of amides is 2. The second-order valence-corrected chi connectivity index (χ2v) is 5.31. The molecule has 0 spiro atoms. The molecule has 0 aromatic heterocycles. The fraction of sp³-hybridized carbons (Fsp3) is 0.211. The summed E-state index contributed by atoms with van der Waals surface area (Å²) < 4.78 is 5.85. The Morgan fingerprint density at radius 2 is 1.78 bits per heavy atom. The molecule has 120 valence electrons. The van der Waals surface area contributed by atoms with Gasteiger partial charge in [-0.2, -0.15) is 0 Å². The van der Waals surface area contributed by atoms with Gasteiger partial charge in [0.25, 0.3) is 0 Å². The third-order valence-electron chi connectivity index (χ3n) is 3.23. The summed E-state index contributed by atoms with van der Waals surface area (Å²) in [6.45, 7) is 8.85. The Kier molecular flexibility index (Phi) is 5.80. The Hall–Kier alpha value is -2.75. The normalized spacial score (nSPS) is 10.0. The van der Waals surface area contributed by atoms with E-state index in [1.165, 1.54) is 0 Å². The molecule has 0 atom stereocenters. The number of rotatable bonds is 6. The number of nitrogens with zero attached hydrogens (tertiary/aromatic N) is 1. The van der Waals surface area contributed by atoms with Crippen LogP contribution in [-0.4, -0.2) is 24.0 Å².